The Balaban J connectivity index is 4.29. The molecule has 0 saturated heterocycles. The molecule has 6 nitrogen and oxygen atoms in total. The summed E-state index contributed by atoms with van der Waals surface area (Å²) in [6, 6.07) is 0. The van der Waals surface area contributed by atoms with Crippen molar-refractivity contribution < 1.29 is 28.6 Å². The summed E-state index contributed by atoms with van der Waals surface area (Å²) in [6.45, 7) is 6.27. The van der Waals surface area contributed by atoms with Crippen LogP contribution in [-0.4, -0.2) is 37.2 Å². The zero-order valence-electron chi connectivity index (χ0n) is 49.6. The molecule has 1 unspecified atom stereocenters. The van der Waals surface area contributed by atoms with Crippen molar-refractivity contribution in [3.8, 4) is 0 Å². The monoisotopic (exact) mass is 1070 g/mol. The van der Waals surface area contributed by atoms with E-state index in [2.05, 4.69) is 203 Å². The van der Waals surface area contributed by atoms with Crippen molar-refractivity contribution in [2.24, 2.45) is 0 Å². The van der Waals surface area contributed by atoms with Crippen LogP contribution in [0.5, 0.6) is 0 Å². The average molecular weight is 1070 g/mol. The Morgan fingerprint density at radius 3 is 0.821 bits per heavy atom. The Kier molecular flexibility index (Phi) is 59.5. The van der Waals surface area contributed by atoms with Crippen molar-refractivity contribution in [3.05, 3.63) is 182 Å². The van der Waals surface area contributed by atoms with Gasteiger partial charge in [0, 0.05) is 19.3 Å². The van der Waals surface area contributed by atoms with Gasteiger partial charge >= 0.3 is 17.9 Å². The first-order valence-electron chi connectivity index (χ1n) is 30.8. The van der Waals surface area contributed by atoms with E-state index in [1.165, 1.54) is 32.1 Å². The van der Waals surface area contributed by atoms with Gasteiger partial charge in [-0.1, -0.05) is 261 Å². The maximum atomic E-state index is 12.8. The molecule has 0 N–H and O–H groups in total. The van der Waals surface area contributed by atoms with Crippen molar-refractivity contribution in [3.63, 3.8) is 0 Å². The van der Waals surface area contributed by atoms with E-state index in [1.807, 2.05) is 0 Å². The molecule has 0 heterocycles. The van der Waals surface area contributed by atoms with E-state index in [4.69, 9.17) is 14.2 Å². The van der Waals surface area contributed by atoms with Gasteiger partial charge in [-0.15, -0.1) is 0 Å². The number of allylic oxidation sites excluding steroid dienone is 30. The summed E-state index contributed by atoms with van der Waals surface area (Å²) in [4.78, 5) is 37.9. The Labute approximate surface area is 478 Å². The van der Waals surface area contributed by atoms with Gasteiger partial charge in [0.1, 0.15) is 13.2 Å². The van der Waals surface area contributed by atoms with Gasteiger partial charge in [0.2, 0.25) is 0 Å². The number of carbonyl (C=O) groups is 3. The summed E-state index contributed by atoms with van der Waals surface area (Å²) in [5, 5.41) is 0. The highest BCUT2D eigenvalue weighted by Gasteiger charge is 2.19. The van der Waals surface area contributed by atoms with Crippen LogP contribution < -0.4 is 0 Å². The molecule has 0 aliphatic carbocycles. The minimum atomic E-state index is -0.822. The SMILES string of the molecule is CC/C=C\C/C=C\C/C=C\C/C=C\C/C=C\C/C=C\C/C=C\C/C=C\CCCCCCCCC(=O)OCC(COC(=O)CCCCCCCC)OC(=O)CCC/C=C\C/C=C\C/C=C\C/C=C\C/C=C\C/C=C\C/C=C\CC. The zero-order valence-corrected chi connectivity index (χ0v) is 49.6. The summed E-state index contributed by atoms with van der Waals surface area (Å²) in [6.07, 6.45) is 96.4. The second-order valence-corrected chi connectivity index (χ2v) is 19.5. The summed E-state index contributed by atoms with van der Waals surface area (Å²) >= 11 is 0. The number of esters is 3. The highest BCUT2D eigenvalue weighted by Crippen LogP contribution is 2.12. The predicted octanol–water partition coefficient (Wildman–Crippen LogP) is 21.3. The minimum Gasteiger partial charge on any atom is -0.462 e. The third kappa shape index (κ3) is 61.4. The normalized spacial score (nSPS) is 13.4. The average Bonchev–Trinajstić information content (AvgIpc) is 3.44. The Morgan fingerprint density at radius 1 is 0.269 bits per heavy atom. The summed E-state index contributed by atoms with van der Waals surface area (Å²) in [7, 11) is 0. The summed E-state index contributed by atoms with van der Waals surface area (Å²) < 4.78 is 16.7. The molecule has 0 aromatic carbocycles. The molecule has 1 atom stereocenters. The van der Waals surface area contributed by atoms with E-state index in [-0.39, 0.29) is 37.5 Å². The Hall–Kier alpha value is -5.49. The Morgan fingerprint density at radius 2 is 0.513 bits per heavy atom. The molecule has 0 amide bonds. The second-order valence-electron chi connectivity index (χ2n) is 19.5. The van der Waals surface area contributed by atoms with Crippen LogP contribution in [0.1, 0.15) is 233 Å². The molecule has 78 heavy (non-hydrogen) atoms. The lowest BCUT2D eigenvalue weighted by Gasteiger charge is -2.18. The number of unbranched alkanes of at least 4 members (excludes halogenated alkanes) is 12. The fraction of sp³-hybridized carbons (Fsp3) is 0.542. The van der Waals surface area contributed by atoms with Crippen LogP contribution in [0.3, 0.4) is 0 Å². The Bertz CT molecular complexity index is 1850. The quantitative estimate of drug-likeness (QED) is 0.0261. The fourth-order valence-corrected chi connectivity index (χ4v) is 7.62. The van der Waals surface area contributed by atoms with E-state index in [0.29, 0.717) is 19.3 Å². The van der Waals surface area contributed by atoms with E-state index in [9.17, 15) is 14.4 Å². The van der Waals surface area contributed by atoms with Gasteiger partial charge < -0.3 is 14.2 Å². The lowest BCUT2D eigenvalue weighted by molar-refractivity contribution is -0.167. The van der Waals surface area contributed by atoms with Gasteiger partial charge in [-0.3, -0.25) is 14.4 Å². The van der Waals surface area contributed by atoms with E-state index >= 15 is 0 Å². The molecule has 0 fully saturated rings. The molecule has 0 radical (unpaired) electrons. The number of hydrogen-bond acceptors (Lipinski definition) is 6. The highest BCUT2D eigenvalue weighted by molar-refractivity contribution is 5.71. The van der Waals surface area contributed by atoms with Gasteiger partial charge in [-0.2, -0.15) is 0 Å². The molecule has 6 heteroatoms. The van der Waals surface area contributed by atoms with Gasteiger partial charge in [0.05, 0.1) is 0 Å². The van der Waals surface area contributed by atoms with E-state index < -0.39 is 6.10 Å². The lowest BCUT2D eigenvalue weighted by atomic mass is 10.1. The molecule has 434 valence electrons. The first-order chi connectivity index (χ1) is 38.5. The molecule has 0 aromatic heterocycles. The van der Waals surface area contributed by atoms with Crippen molar-refractivity contribution >= 4 is 17.9 Å². The fourth-order valence-electron chi connectivity index (χ4n) is 7.62. The molecule has 0 aliphatic heterocycles. The second kappa shape index (κ2) is 64.0. The number of ether oxygens (including phenoxy) is 3. The van der Waals surface area contributed by atoms with Crippen LogP contribution in [0.2, 0.25) is 0 Å². The van der Waals surface area contributed by atoms with Gasteiger partial charge in [0.25, 0.3) is 0 Å². The molecule has 0 aliphatic rings. The topological polar surface area (TPSA) is 78.9 Å². The predicted molar refractivity (Wildman–Crippen MR) is 338 cm³/mol. The molecular weight excluding hydrogens is 961 g/mol. The van der Waals surface area contributed by atoms with Crippen LogP contribution >= 0.6 is 0 Å². The van der Waals surface area contributed by atoms with Gasteiger partial charge in [-0.05, 0) is 135 Å². The standard InChI is InChI=1S/C72H110O6/c1-4-7-10-13-16-18-20-22-24-26-28-30-32-33-34-35-36-37-38-39-41-42-44-46-48-50-52-54-56-59-62-65-71(74)77-68-69(67-76-70(73)64-61-58-15-12-9-6-3)78-72(75)66-63-60-57-55-53-51-49-47-45-43-40-31-29-27-25-23-21-19-17-14-11-8-5-2/h7-8,10-11,16-19,22-25,28-31,33-34,36-37,39,41,43-46,49,51,55,57,69H,4-6,9,12-15,20-21,26-27,32,35,38,40,42,47-48,50,52-54,56,58-68H2,1-3H3/b10-7-,11-8-,18-16-,19-17-,24-22-,25-23-,30-28-,31-29-,34-33-,37-36-,41-39-,45-43-,46-44-,51-49-,57-55-. The van der Waals surface area contributed by atoms with Crippen LogP contribution in [0, 0.1) is 0 Å². The summed E-state index contributed by atoms with van der Waals surface area (Å²) in [5.74, 6) is -1.01. The van der Waals surface area contributed by atoms with E-state index in [1.54, 1.807) is 0 Å². The molecular formula is C72H110O6. The molecule has 0 spiro atoms. The smallest absolute Gasteiger partial charge is 0.306 e. The first kappa shape index (κ1) is 72.5. The van der Waals surface area contributed by atoms with Crippen molar-refractivity contribution in [2.75, 3.05) is 13.2 Å². The third-order valence-electron chi connectivity index (χ3n) is 12.2. The van der Waals surface area contributed by atoms with Crippen LogP contribution in [0.25, 0.3) is 0 Å². The largest absolute Gasteiger partial charge is 0.462 e. The third-order valence-corrected chi connectivity index (χ3v) is 12.2. The summed E-state index contributed by atoms with van der Waals surface area (Å²) in [5.41, 5.74) is 0. The molecule has 0 rings (SSSR count). The van der Waals surface area contributed by atoms with E-state index in [0.717, 1.165) is 154 Å². The molecule has 0 aromatic rings. The molecule has 0 saturated carbocycles. The van der Waals surface area contributed by atoms with Crippen LogP contribution in [0.15, 0.2) is 182 Å². The minimum absolute atomic E-state index is 0.115. The van der Waals surface area contributed by atoms with Gasteiger partial charge in [0.15, 0.2) is 6.10 Å². The highest BCUT2D eigenvalue weighted by atomic mass is 16.6. The molecule has 0 bridgehead atoms. The van der Waals surface area contributed by atoms with Gasteiger partial charge in [-0.25, -0.2) is 0 Å². The van der Waals surface area contributed by atoms with Crippen LogP contribution in [-0.2, 0) is 28.6 Å². The first-order valence-corrected chi connectivity index (χ1v) is 30.8. The number of carbonyl (C=O) groups excluding carboxylic acids is 3. The number of hydrogen-bond donors (Lipinski definition) is 0. The maximum absolute atomic E-state index is 12.8. The van der Waals surface area contributed by atoms with Crippen LogP contribution in [0.4, 0.5) is 0 Å². The van der Waals surface area contributed by atoms with Crippen molar-refractivity contribution in [2.45, 2.75) is 239 Å². The van der Waals surface area contributed by atoms with Crippen molar-refractivity contribution in [1.29, 1.82) is 0 Å². The zero-order chi connectivity index (χ0) is 56.4. The van der Waals surface area contributed by atoms with Crippen molar-refractivity contribution in [1.82, 2.24) is 0 Å². The lowest BCUT2D eigenvalue weighted by Crippen LogP contribution is -2.30. The maximum Gasteiger partial charge on any atom is 0.306 e. The number of rotatable bonds is 53.